The topological polar surface area (TPSA) is 161 Å². The van der Waals surface area contributed by atoms with Gasteiger partial charge in [0.2, 0.25) is 17.8 Å². The molecule has 0 radical (unpaired) electrons. The first kappa shape index (κ1) is 31.3. The highest BCUT2D eigenvalue weighted by Crippen LogP contribution is 2.18. The number of nitrogens with two attached hydrogens (primary N) is 1. The molecule has 4 aromatic rings. The van der Waals surface area contributed by atoms with E-state index in [9.17, 15) is 4.79 Å². The molecule has 0 bridgehead atoms. The van der Waals surface area contributed by atoms with Crippen LogP contribution in [0.4, 0.5) is 23.5 Å². The quantitative estimate of drug-likeness (QED) is 0.103. The average molecular weight is 586 g/mol. The van der Waals surface area contributed by atoms with E-state index in [1.54, 1.807) is 24.4 Å². The Morgan fingerprint density at radius 3 is 2.19 bits per heavy atom. The lowest BCUT2D eigenvalue weighted by atomic mass is 10.1. The zero-order chi connectivity index (χ0) is 30.0. The van der Waals surface area contributed by atoms with Crippen LogP contribution >= 0.6 is 0 Å². The predicted octanol–water partition coefficient (Wildman–Crippen LogP) is 3.04. The lowest BCUT2D eigenvalue weighted by molar-refractivity contribution is 0.0511. The van der Waals surface area contributed by atoms with Crippen LogP contribution in [-0.4, -0.2) is 78.4 Å². The summed E-state index contributed by atoms with van der Waals surface area (Å²) < 4.78 is 10.7. The summed E-state index contributed by atoms with van der Waals surface area (Å²) in [5.74, 6) is 1.01. The molecule has 226 valence electrons. The summed E-state index contributed by atoms with van der Waals surface area (Å²) in [4.78, 5) is 30.8. The number of anilines is 4. The second kappa shape index (κ2) is 18.0. The van der Waals surface area contributed by atoms with Crippen molar-refractivity contribution in [1.82, 2.24) is 25.3 Å². The van der Waals surface area contributed by atoms with Crippen molar-refractivity contribution in [3.63, 3.8) is 0 Å². The summed E-state index contributed by atoms with van der Waals surface area (Å²) in [6.45, 7) is 3.93. The molecule has 2 heterocycles. The van der Waals surface area contributed by atoms with Crippen molar-refractivity contribution in [3.8, 4) is 0 Å². The molecule has 0 saturated carbocycles. The Bertz CT molecular complexity index is 1310. The standard InChI is InChI=1S/C31H39N9O3/c32-14-19-42-21-22-43-20-18-34-28(41)25-9-6-11-27(23-25)37-31-39-29(35-16-12-24-7-2-1-3-8-24)38-30(40-31)36-17-13-26-10-4-5-15-33-26/h1-11,15,23H,12-14,16-22,32H2,(H,34,41)(H3,35,36,37,38,39,40). The number of hydrogen-bond donors (Lipinski definition) is 5. The molecule has 0 aliphatic carbocycles. The second-order valence-corrected chi connectivity index (χ2v) is 9.44. The van der Waals surface area contributed by atoms with Gasteiger partial charge in [-0.1, -0.05) is 42.5 Å². The third-order valence-electron chi connectivity index (χ3n) is 6.11. The minimum absolute atomic E-state index is 0.206. The van der Waals surface area contributed by atoms with Gasteiger partial charge in [0.15, 0.2) is 0 Å². The van der Waals surface area contributed by atoms with E-state index in [1.807, 2.05) is 42.5 Å². The van der Waals surface area contributed by atoms with Crippen molar-refractivity contribution >= 4 is 29.4 Å². The minimum atomic E-state index is -0.206. The molecule has 6 N–H and O–H groups in total. The molecular formula is C31H39N9O3. The second-order valence-electron chi connectivity index (χ2n) is 9.44. The number of amides is 1. The summed E-state index contributed by atoms with van der Waals surface area (Å²) in [5, 5.41) is 12.7. The lowest BCUT2D eigenvalue weighted by Crippen LogP contribution is -2.27. The fraction of sp³-hybridized carbons (Fsp3) is 0.323. The molecule has 0 unspecified atom stereocenters. The zero-order valence-corrected chi connectivity index (χ0v) is 24.2. The number of hydrogen-bond acceptors (Lipinski definition) is 11. The Morgan fingerprint density at radius 2 is 1.44 bits per heavy atom. The van der Waals surface area contributed by atoms with E-state index in [-0.39, 0.29) is 5.91 Å². The maximum absolute atomic E-state index is 12.7. The van der Waals surface area contributed by atoms with Crippen LogP contribution in [0.25, 0.3) is 0 Å². The number of benzene rings is 2. The van der Waals surface area contributed by atoms with E-state index in [2.05, 4.69) is 53.3 Å². The van der Waals surface area contributed by atoms with Gasteiger partial charge in [-0.2, -0.15) is 15.0 Å². The number of nitrogens with zero attached hydrogens (tertiary/aromatic N) is 4. The largest absolute Gasteiger partial charge is 0.378 e. The van der Waals surface area contributed by atoms with E-state index in [0.29, 0.717) is 81.7 Å². The van der Waals surface area contributed by atoms with Crippen LogP contribution in [0.2, 0.25) is 0 Å². The first-order valence-electron chi connectivity index (χ1n) is 14.4. The molecule has 0 atom stereocenters. The van der Waals surface area contributed by atoms with Crippen molar-refractivity contribution in [2.45, 2.75) is 12.8 Å². The van der Waals surface area contributed by atoms with Crippen LogP contribution in [0, 0.1) is 0 Å². The lowest BCUT2D eigenvalue weighted by Gasteiger charge is -2.12. The number of ether oxygens (including phenoxy) is 2. The van der Waals surface area contributed by atoms with Crippen molar-refractivity contribution < 1.29 is 14.3 Å². The van der Waals surface area contributed by atoms with Gasteiger partial charge in [-0.3, -0.25) is 9.78 Å². The maximum Gasteiger partial charge on any atom is 0.251 e. The molecule has 0 fully saturated rings. The Kier molecular flexibility index (Phi) is 13.1. The average Bonchev–Trinajstić information content (AvgIpc) is 3.03. The van der Waals surface area contributed by atoms with Gasteiger partial charge in [0.25, 0.3) is 5.91 Å². The van der Waals surface area contributed by atoms with E-state index >= 15 is 0 Å². The number of pyridine rings is 1. The van der Waals surface area contributed by atoms with Crippen molar-refractivity contribution in [3.05, 3.63) is 95.8 Å². The fourth-order valence-corrected chi connectivity index (χ4v) is 4.01. The van der Waals surface area contributed by atoms with Gasteiger partial charge in [0, 0.05) is 55.7 Å². The molecule has 0 saturated heterocycles. The Labute approximate surface area is 251 Å². The third kappa shape index (κ3) is 11.6. The van der Waals surface area contributed by atoms with E-state index in [1.165, 1.54) is 5.56 Å². The molecule has 0 aliphatic heterocycles. The molecule has 0 spiro atoms. The molecule has 43 heavy (non-hydrogen) atoms. The molecule has 2 aromatic carbocycles. The fourth-order valence-electron chi connectivity index (χ4n) is 4.01. The highest BCUT2D eigenvalue weighted by Gasteiger charge is 2.10. The van der Waals surface area contributed by atoms with Crippen molar-refractivity contribution in [1.29, 1.82) is 0 Å². The molecule has 2 aromatic heterocycles. The van der Waals surface area contributed by atoms with Gasteiger partial charge in [-0.05, 0) is 42.3 Å². The van der Waals surface area contributed by atoms with Gasteiger partial charge >= 0.3 is 0 Å². The summed E-state index contributed by atoms with van der Waals surface area (Å²) in [6.07, 6.45) is 3.32. The normalized spacial score (nSPS) is 10.7. The molecule has 1 amide bonds. The van der Waals surface area contributed by atoms with Crippen LogP contribution in [0.15, 0.2) is 79.0 Å². The van der Waals surface area contributed by atoms with Crippen LogP contribution in [0.5, 0.6) is 0 Å². The van der Waals surface area contributed by atoms with Crippen LogP contribution in [-0.2, 0) is 22.3 Å². The van der Waals surface area contributed by atoms with Crippen LogP contribution < -0.4 is 27.0 Å². The van der Waals surface area contributed by atoms with Gasteiger partial charge in [0.05, 0.1) is 26.4 Å². The monoisotopic (exact) mass is 585 g/mol. The number of nitrogens with one attached hydrogen (secondary N) is 4. The molecule has 4 rings (SSSR count). The highest BCUT2D eigenvalue weighted by molar-refractivity contribution is 5.95. The van der Waals surface area contributed by atoms with Gasteiger partial charge in [-0.15, -0.1) is 0 Å². The molecule has 12 nitrogen and oxygen atoms in total. The van der Waals surface area contributed by atoms with Crippen molar-refractivity contribution in [2.24, 2.45) is 5.73 Å². The van der Waals surface area contributed by atoms with Gasteiger partial charge in [0.1, 0.15) is 0 Å². The van der Waals surface area contributed by atoms with E-state index in [0.717, 1.165) is 18.5 Å². The van der Waals surface area contributed by atoms with Crippen molar-refractivity contribution in [2.75, 3.05) is 68.6 Å². The molecular weight excluding hydrogens is 546 g/mol. The number of rotatable bonds is 19. The predicted molar refractivity (Wildman–Crippen MR) is 168 cm³/mol. The summed E-state index contributed by atoms with van der Waals surface area (Å²) in [5.41, 5.74) is 8.74. The third-order valence-corrected chi connectivity index (χ3v) is 6.11. The van der Waals surface area contributed by atoms with Gasteiger partial charge < -0.3 is 36.5 Å². The summed E-state index contributed by atoms with van der Waals surface area (Å²) >= 11 is 0. The SMILES string of the molecule is NCCOCCOCCNC(=O)c1cccc(Nc2nc(NCCc3ccccc3)nc(NCCc3ccccn3)n2)c1. The minimum Gasteiger partial charge on any atom is -0.378 e. The Balaban J connectivity index is 1.35. The van der Waals surface area contributed by atoms with Gasteiger partial charge in [-0.25, -0.2) is 0 Å². The van der Waals surface area contributed by atoms with Crippen LogP contribution in [0.1, 0.15) is 21.6 Å². The molecule has 0 aliphatic rings. The first-order valence-corrected chi connectivity index (χ1v) is 14.4. The Hall–Kier alpha value is -4.65. The Morgan fingerprint density at radius 1 is 0.721 bits per heavy atom. The smallest absolute Gasteiger partial charge is 0.251 e. The number of aromatic nitrogens is 4. The molecule has 12 heteroatoms. The highest BCUT2D eigenvalue weighted by atomic mass is 16.5. The maximum atomic E-state index is 12.7. The van der Waals surface area contributed by atoms with E-state index in [4.69, 9.17) is 15.2 Å². The van der Waals surface area contributed by atoms with Crippen LogP contribution in [0.3, 0.4) is 0 Å². The summed E-state index contributed by atoms with van der Waals surface area (Å²) in [6, 6.07) is 23.2. The number of carbonyl (C=O) groups excluding carboxylic acids is 1. The summed E-state index contributed by atoms with van der Waals surface area (Å²) in [7, 11) is 0. The first-order chi connectivity index (χ1) is 21.2. The number of carbonyl (C=O) groups is 1. The zero-order valence-electron chi connectivity index (χ0n) is 24.2. The van der Waals surface area contributed by atoms with E-state index < -0.39 is 0 Å².